The van der Waals surface area contributed by atoms with E-state index in [9.17, 15) is 0 Å². The highest BCUT2D eigenvalue weighted by atomic mass is 32.1. The fourth-order valence-electron chi connectivity index (χ4n) is 1.78. The number of nitrogens with zero attached hydrogens (tertiary/aromatic N) is 1. The maximum Gasteiger partial charge on any atom is 0.132 e. The predicted molar refractivity (Wildman–Crippen MR) is 75.4 cm³/mol. The summed E-state index contributed by atoms with van der Waals surface area (Å²) >= 11 is 5.20. The first-order valence-electron chi connectivity index (χ1n) is 5.90. The van der Waals surface area contributed by atoms with Crippen molar-refractivity contribution >= 4 is 12.2 Å². The summed E-state index contributed by atoms with van der Waals surface area (Å²) < 4.78 is 6.43. The molecule has 3 nitrogen and oxygen atoms in total. The van der Waals surface area contributed by atoms with Crippen molar-refractivity contribution in [2.75, 3.05) is 0 Å². The number of H-pyrrole nitrogens is 1. The van der Waals surface area contributed by atoms with E-state index in [0.29, 0.717) is 4.64 Å². The van der Waals surface area contributed by atoms with Crippen LogP contribution in [0.5, 0.6) is 5.75 Å². The van der Waals surface area contributed by atoms with Crippen LogP contribution in [0.4, 0.5) is 0 Å². The Kier molecular flexibility index (Phi) is 3.77. The van der Waals surface area contributed by atoms with Crippen molar-refractivity contribution in [1.82, 2.24) is 9.97 Å². The highest BCUT2D eigenvalue weighted by Crippen LogP contribution is 2.30. The summed E-state index contributed by atoms with van der Waals surface area (Å²) in [5.41, 5.74) is 2.94. The minimum Gasteiger partial charge on any atom is -0.490 e. The normalized spacial score (nSPS) is 10.7. The first-order chi connectivity index (χ1) is 8.59. The third-order valence-electron chi connectivity index (χ3n) is 2.61. The van der Waals surface area contributed by atoms with Gasteiger partial charge < -0.3 is 9.72 Å². The van der Waals surface area contributed by atoms with E-state index in [0.717, 1.165) is 22.6 Å². The Morgan fingerprint density at radius 3 is 2.72 bits per heavy atom. The van der Waals surface area contributed by atoms with E-state index in [1.165, 1.54) is 0 Å². The van der Waals surface area contributed by atoms with E-state index in [1.54, 1.807) is 6.33 Å². The predicted octanol–water partition coefficient (Wildman–Crippen LogP) is 3.90. The van der Waals surface area contributed by atoms with Crippen LogP contribution in [0.2, 0.25) is 0 Å². The van der Waals surface area contributed by atoms with Gasteiger partial charge in [-0.2, -0.15) is 0 Å². The Labute approximate surface area is 112 Å². The molecule has 0 fully saturated rings. The summed E-state index contributed by atoms with van der Waals surface area (Å²) in [7, 11) is 0. The second kappa shape index (κ2) is 5.31. The molecular formula is C14H16N2OS. The minimum atomic E-state index is 0.135. The van der Waals surface area contributed by atoms with Gasteiger partial charge in [0.25, 0.3) is 0 Å². The first-order valence-corrected chi connectivity index (χ1v) is 6.30. The third-order valence-corrected chi connectivity index (χ3v) is 3.02. The average Bonchev–Trinajstić information content (AvgIpc) is 2.33. The molecule has 2 aromatic rings. The minimum absolute atomic E-state index is 0.135. The van der Waals surface area contributed by atoms with Crippen molar-refractivity contribution in [3.8, 4) is 17.0 Å². The van der Waals surface area contributed by atoms with Crippen LogP contribution in [0.3, 0.4) is 0 Å². The van der Waals surface area contributed by atoms with E-state index in [1.807, 2.05) is 45.0 Å². The van der Waals surface area contributed by atoms with E-state index < -0.39 is 0 Å². The molecule has 0 aliphatic heterocycles. The van der Waals surface area contributed by atoms with Gasteiger partial charge in [-0.3, -0.25) is 0 Å². The lowest BCUT2D eigenvalue weighted by Gasteiger charge is -2.15. The van der Waals surface area contributed by atoms with Crippen LogP contribution in [0.1, 0.15) is 19.4 Å². The molecule has 4 heteroatoms. The van der Waals surface area contributed by atoms with Crippen molar-refractivity contribution in [2.24, 2.45) is 0 Å². The monoisotopic (exact) mass is 260 g/mol. The number of para-hydroxylation sites is 1. The number of hydrogen-bond donors (Lipinski definition) is 1. The van der Waals surface area contributed by atoms with Gasteiger partial charge in [0.15, 0.2) is 0 Å². The molecule has 1 N–H and O–H groups in total. The molecule has 0 spiro atoms. The highest BCUT2D eigenvalue weighted by molar-refractivity contribution is 7.71. The van der Waals surface area contributed by atoms with Gasteiger partial charge in [0.2, 0.25) is 0 Å². The van der Waals surface area contributed by atoms with Crippen LogP contribution in [0.15, 0.2) is 30.6 Å². The molecule has 0 amide bonds. The summed E-state index contributed by atoms with van der Waals surface area (Å²) in [5.74, 6) is 0.854. The quantitative estimate of drug-likeness (QED) is 0.850. The van der Waals surface area contributed by atoms with Gasteiger partial charge in [-0.05, 0) is 32.9 Å². The summed E-state index contributed by atoms with van der Waals surface area (Å²) in [6.45, 7) is 5.99. The zero-order valence-corrected chi connectivity index (χ0v) is 11.5. The molecule has 1 aromatic heterocycles. The van der Waals surface area contributed by atoms with E-state index >= 15 is 0 Å². The number of hydrogen-bond acceptors (Lipinski definition) is 3. The van der Waals surface area contributed by atoms with Gasteiger partial charge in [-0.1, -0.05) is 24.4 Å². The highest BCUT2D eigenvalue weighted by Gasteiger charge is 2.10. The molecule has 94 valence electrons. The van der Waals surface area contributed by atoms with Crippen LogP contribution in [-0.4, -0.2) is 16.1 Å². The summed E-state index contributed by atoms with van der Waals surface area (Å²) in [6.07, 6.45) is 1.76. The second-order valence-corrected chi connectivity index (χ2v) is 4.76. The second-order valence-electron chi connectivity index (χ2n) is 4.37. The molecule has 1 aromatic carbocycles. The molecule has 0 saturated heterocycles. The van der Waals surface area contributed by atoms with E-state index in [-0.39, 0.29) is 6.10 Å². The molecule has 0 atom stereocenters. The van der Waals surface area contributed by atoms with E-state index in [4.69, 9.17) is 17.0 Å². The Hall–Kier alpha value is -1.68. The zero-order valence-electron chi connectivity index (χ0n) is 10.7. The fraction of sp³-hybridized carbons (Fsp3) is 0.286. The van der Waals surface area contributed by atoms with Gasteiger partial charge in [-0.25, -0.2) is 4.98 Å². The molecule has 0 saturated carbocycles. The molecule has 0 aliphatic carbocycles. The Balaban J connectivity index is 2.57. The van der Waals surface area contributed by atoms with Crippen molar-refractivity contribution in [3.63, 3.8) is 0 Å². The van der Waals surface area contributed by atoms with Crippen molar-refractivity contribution < 1.29 is 4.74 Å². The molecule has 0 bridgehead atoms. The van der Waals surface area contributed by atoms with Crippen molar-refractivity contribution in [2.45, 2.75) is 26.9 Å². The number of benzene rings is 1. The Bertz CT molecular complexity index is 605. The summed E-state index contributed by atoms with van der Waals surface area (Å²) in [6, 6.07) is 7.93. The van der Waals surface area contributed by atoms with Gasteiger partial charge in [0.05, 0.1) is 18.1 Å². The topological polar surface area (TPSA) is 37.9 Å². The number of nitrogens with one attached hydrogen (secondary N) is 1. The zero-order chi connectivity index (χ0) is 13.1. The number of rotatable bonds is 3. The number of aromatic amines is 1. The standard InChI is InChI=1S/C14H16N2OS/c1-9(2)17-12-7-5-4-6-11(12)13-10(3)14(18)16-8-15-13/h4-9H,1-3H3,(H,15,16,18). The van der Waals surface area contributed by atoms with Crippen LogP contribution < -0.4 is 4.74 Å². The lowest BCUT2D eigenvalue weighted by Crippen LogP contribution is -2.07. The van der Waals surface area contributed by atoms with Crippen LogP contribution in [-0.2, 0) is 0 Å². The fourth-order valence-corrected chi connectivity index (χ4v) is 1.93. The van der Waals surface area contributed by atoms with Crippen LogP contribution in [0.25, 0.3) is 11.3 Å². The van der Waals surface area contributed by atoms with Crippen LogP contribution in [0, 0.1) is 11.6 Å². The first kappa shape index (κ1) is 12.8. The van der Waals surface area contributed by atoms with Gasteiger partial charge >= 0.3 is 0 Å². The van der Waals surface area contributed by atoms with Gasteiger partial charge in [0.1, 0.15) is 10.4 Å². The Morgan fingerprint density at radius 2 is 2.00 bits per heavy atom. The molecule has 18 heavy (non-hydrogen) atoms. The van der Waals surface area contributed by atoms with Gasteiger partial charge in [-0.15, -0.1) is 0 Å². The maximum atomic E-state index is 5.82. The Morgan fingerprint density at radius 1 is 1.28 bits per heavy atom. The summed E-state index contributed by atoms with van der Waals surface area (Å²) in [5, 5.41) is 0. The lowest BCUT2D eigenvalue weighted by atomic mass is 10.1. The number of ether oxygens (including phenoxy) is 1. The molecule has 0 aliphatic rings. The van der Waals surface area contributed by atoms with Crippen LogP contribution >= 0.6 is 12.2 Å². The third kappa shape index (κ3) is 2.59. The molecule has 0 radical (unpaired) electrons. The van der Waals surface area contributed by atoms with Crippen molar-refractivity contribution in [3.05, 3.63) is 40.8 Å². The smallest absolute Gasteiger partial charge is 0.132 e. The lowest BCUT2D eigenvalue weighted by molar-refractivity contribution is 0.243. The molecule has 0 unspecified atom stereocenters. The largest absolute Gasteiger partial charge is 0.490 e. The molecule has 1 heterocycles. The average molecular weight is 260 g/mol. The molecule has 2 rings (SSSR count). The van der Waals surface area contributed by atoms with E-state index in [2.05, 4.69) is 9.97 Å². The van der Waals surface area contributed by atoms with Crippen molar-refractivity contribution in [1.29, 1.82) is 0 Å². The van der Waals surface area contributed by atoms with Gasteiger partial charge in [0, 0.05) is 11.1 Å². The summed E-state index contributed by atoms with van der Waals surface area (Å²) in [4.78, 5) is 7.22. The SMILES string of the molecule is Cc1c(-c2ccccc2OC(C)C)[nH]cnc1=S. The molecular weight excluding hydrogens is 244 g/mol. The maximum absolute atomic E-state index is 5.82. The number of aromatic nitrogens is 2.